The monoisotopic (exact) mass is 283 g/mol. The number of anilines is 2. The van der Waals surface area contributed by atoms with Crippen LogP contribution in [0, 0.1) is 6.92 Å². The number of fused-ring (bicyclic) bond motifs is 1. The highest BCUT2D eigenvalue weighted by molar-refractivity contribution is 5.90. The minimum Gasteiger partial charge on any atom is -0.478 e. The van der Waals surface area contributed by atoms with Crippen LogP contribution in [0.1, 0.15) is 40.0 Å². The van der Waals surface area contributed by atoms with Crippen molar-refractivity contribution in [3.8, 4) is 0 Å². The van der Waals surface area contributed by atoms with Gasteiger partial charge < -0.3 is 10.4 Å². The number of aromatic nitrogens is 2. The van der Waals surface area contributed by atoms with Crippen LogP contribution in [0.2, 0.25) is 0 Å². The fraction of sp³-hybridized carbons (Fsp3) is 0.312. The number of nitrogens with one attached hydrogen (secondary N) is 1. The first-order valence-corrected chi connectivity index (χ1v) is 7.09. The molecule has 2 aromatic rings. The standard InChI is InChI=1S/C16H17N3O2/c1-10-8-11(6-7-12(10)16(20)21)19-15-13-4-2-3-5-14(13)17-9-18-15/h6-9H,2-5H2,1H3,(H,20,21)(H,17,18,19). The summed E-state index contributed by atoms with van der Waals surface area (Å²) < 4.78 is 0. The largest absolute Gasteiger partial charge is 0.478 e. The van der Waals surface area contributed by atoms with Gasteiger partial charge in [0, 0.05) is 16.9 Å². The number of carbonyl (C=O) groups is 1. The van der Waals surface area contributed by atoms with Crippen LogP contribution in [0.4, 0.5) is 11.5 Å². The highest BCUT2D eigenvalue weighted by atomic mass is 16.4. The Morgan fingerprint density at radius 2 is 2.05 bits per heavy atom. The highest BCUT2D eigenvalue weighted by Crippen LogP contribution is 2.27. The number of carboxylic acid groups (broad SMARTS) is 1. The quantitative estimate of drug-likeness (QED) is 0.905. The number of aromatic carboxylic acids is 1. The Labute approximate surface area is 123 Å². The van der Waals surface area contributed by atoms with Gasteiger partial charge in [0.1, 0.15) is 12.1 Å². The van der Waals surface area contributed by atoms with Crippen LogP contribution in [0.5, 0.6) is 0 Å². The lowest BCUT2D eigenvalue weighted by Crippen LogP contribution is -2.10. The summed E-state index contributed by atoms with van der Waals surface area (Å²) in [6.45, 7) is 1.80. The van der Waals surface area contributed by atoms with Gasteiger partial charge in [-0.15, -0.1) is 0 Å². The molecule has 0 bridgehead atoms. The van der Waals surface area contributed by atoms with Crippen molar-refractivity contribution in [3.05, 3.63) is 46.9 Å². The van der Waals surface area contributed by atoms with E-state index in [9.17, 15) is 4.79 Å². The van der Waals surface area contributed by atoms with E-state index < -0.39 is 5.97 Å². The summed E-state index contributed by atoms with van der Waals surface area (Å²) in [6, 6.07) is 5.22. The van der Waals surface area contributed by atoms with E-state index in [1.165, 1.54) is 12.0 Å². The summed E-state index contributed by atoms with van der Waals surface area (Å²) in [5.74, 6) is -0.0689. The van der Waals surface area contributed by atoms with Gasteiger partial charge in [0.05, 0.1) is 5.56 Å². The molecule has 1 aliphatic rings. The number of benzene rings is 1. The van der Waals surface area contributed by atoms with E-state index in [4.69, 9.17) is 5.11 Å². The Bertz CT molecular complexity index is 698. The zero-order chi connectivity index (χ0) is 14.8. The second-order valence-electron chi connectivity index (χ2n) is 5.31. The maximum atomic E-state index is 11.0. The Hall–Kier alpha value is -2.43. The normalized spacial score (nSPS) is 13.6. The second kappa shape index (κ2) is 5.52. The first-order valence-electron chi connectivity index (χ1n) is 7.09. The third kappa shape index (κ3) is 2.72. The van der Waals surface area contributed by atoms with Gasteiger partial charge in [-0.05, 0) is 56.4 Å². The number of carboxylic acids is 1. The Kier molecular flexibility index (Phi) is 3.56. The van der Waals surface area contributed by atoms with E-state index in [1.807, 2.05) is 6.07 Å². The van der Waals surface area contributed by atoms with Crippen LogP contribution in [0.15, 0.2) is 24.5 Å². The van der Waals surface area contributed by atoms with Crippen LogP contribution in [0.3, 0.4) is 0 Å². The lowest BCUT2D eigenvalue weighted by molar-refractivity contribution is 0.0696. The van der Waals surface area contributed by atoms with Crippen LogP contribution in [-0.4, -0.2) is 21.0 Å². The van der Waals surface area contributed by atoms with Crippen LogP contribution < -0.4 is 5.32 Å². The first kappa shape index (κ1) is 13.5. The summed E-state index contributed by atoms with van der Waals surface area (Å²) >= 11 is 0. The van der Waals surface area contributed by atoms with Gasteiger partial charge in [-0.25, -0.2) is 14.8 Å². The molecule has 1 aromatic heterocycles. The number of nitrogens with zero attached hydrogens (tertiary/aromatic N) is 2. The van der Waals surface area contributed by atoms with E-state index in [0.717, 1.165) is 42.0 Å². The molecule has 0 fully saturated rings. The molecule has 0 amide bonds. The van der Waals surface area contributed by atoms with Crippen molar-refractivity contribution in [1.29, 1.82) is 0 Å². The fourth-order valence-corrected chi connectivity index (χ4v) is 2.75. The Morgan fingerprint density at radius 3 is 2.81 bits per heavy atom. The minimum atomic E-state index is -0.904. The average Bonchev–Trinajstić information content (AvgIpc) is 2.47. The summed E-state index contributed by atoms with van der Waals surface area (Å²) in [5.41, 5.74) is 4.21. The molecule has 2 N–H and O–H groups in total. The van der Waals surface area contributed by atoms with Crippen molar-refractivity contribution >= 4 is 17.5 Å². The average molecular weight is 283 g/mol. The van der Waals surface area contributed by atoms with E-state index in [0.29, 0.717) is 5.56 Å². The van der Waals surface area contributed by atoms with Crippen molar-refractivity contribution in [2.24, 2.45) is 0 Å². The molecule has 21 heavy (non-hydrogen) atoms. The van der Waals surface area contributed by atoms with Gasteiger partial charge in [0.2, 0.25) is 0 Å². The smallest absolute Gasteiger partial charge is 0.335 e. The predicted molar refractivity (Wildman–Crippen MR) is 80.1 cm³/mol. The van der Waals surface area contributed by atoms with E-state index in [-0.39, 0.29) is 0 Å². The topological polar surface area (TPSA) is 75.1 Å². The van der Waals surface area contributed by atoms with Crippen LogP contribution >= 0.6 is 0 Å². The van der Waals surface area contributed by atoms with E-state index in [1.54, 1.807) is 25.4 Å². The van der Waals surface area contributed by atoms with E-state index in [2.05, 4.69) is 15.3 Å². The summed E-state index contributed by atoms with van der Waals surface area (Å²) in [5, 5.41) is 12.4. The van der Waals surface area contributed by atoms with Gasteiger partial charge >= 0.3 is 5.97 Å². The van der Waals surface area contributed by atoms with Gasteiger partial charge in [0.25, 0.3) is 0 Å². The summed E-state index contributed by atoms with van der Waals surface area (Å²) in [6.07, 6.45) is 5.92. The second-order valence-corrected chi connectivity index (χ2v) is 5.31. The minimum absolute atomic E-state index is 0.324. The van der Waals surface area contributed by atoms with Crippen molar-refractivity contribution in [1.82, 2.24) is 9.97 Å². The molecule has 5 nitrogen and oxygen atoms in total. The molecule has 108 valence electrons. The maximum absolute atomic E-state index is 11.0. The number of hydrogen-bond acceptors (Lipinski definition) is 4. The molecule has 0 saturated carbocycles. The molecule has 1 heterocycles. The summed E-state index contributed by atoms with van der Waals surface area (Å²) in [4.78, 5) is 19.7. The lowest BCUT2D eigenvalue weighted by atomic mass is 9.96. The number of rotatable bonds is 3. The zero-order valence-electron chi connectivity index (χ0n) is 11.9. The van der Waals surface area contributed by atoms with Crippen molar-refractivity contribution in [2.75, 3.05) is 5.32 Å². The summed E-state index contributed by atoms with van der Waals surface area (Å²) in [7, 11) is 0. The number of hydrogen-bond donors (Lipinski definition) is 2. The van der Waals surface area contributed by atoms with E-state index >= 15 is 0 Å². The SMILES string of the molecule is Cc1cc(Nc2ncnc3c2CCCC3)ccc1C(=O)O. The molecule has 0 aliphatic heterocycles. The molecular weight excluding hydrogens is 266 g/mol. The molecule has 1 aromatic carbocycles. The maximum Gasteiger partial charge on any atom is 0.335 e. The highest BCUT2D eigenvalue weighted by Gasteiger charge is 2.16. The van der Waals surface area contributed by atoms with Crippen LogP contribution in [0.25, 0.3) is 0 Å². The molecule has 0 radical (unpaired) electrons. The molecule has 0 saturated heterocycles. The van der Waals surface area contributed by atoms with Gasteiger partial charge in [-0.2, -0.15) is 0 Å². The predicted octanol–water partition coefficient (Wildman–Crippen LogP) is 3.11. The first-order chi connectivity index (χ1) is 10.1. The molecule has 3 rings (SSSR count). The molecule has 1 aliphatic carbocycles. The third-order valence-electron chi connectivity index (χ3n) is 3.84. The third-order valence-corrected chi connectivity index (χ3v) is 3.84. The molecular formula is C16H17N3O2. The van der Waals surface area contributed by atoms with Gasteiger partial charge in [-0.1, -0.05) is 0 Å². The van der Waals surface area contributed by atoms with Gasteiger partial charge in [-0.3, -0.25) is 0 Å². The lowest BCUT2D eigenvalue weighted by Gasteiger charge is -2.18. The Balaban J connectivity index is 1.91. The molecule has 5 heteroatoms. The van der Waals surface area contributed by atoms with Crippen molar-refractivity contribution in [3.63, 3.8) is 0 Å². The van der Waals surface area contributed by atoms with Crippen molar-refractivity contribution in [2.45, 2.75) is 32.6 Å². The van der Waals surface area contributed by atoms with Crippen LogP contribution in [-0.2, 0) is 12.8 Å². The molecule has 0 atom stereocenters. The number of aryl methyl sites for hydroxylation is 2. The zero-order valence-corrected chi connectivity index (χ0v) is 11.9. The molecule has 0 unspecified atom stereocenters. The van der Waals surface area contributed by atoms with Gasteiger partial charge in [0.15, 0.2) is 0 Å². The molecule has 0 spiro atoms. The fourth-order valence-electron chi connectivity index (χ4n) is 2.75. The van der Waals surface area contributed by atoms with Crippen molar-refractivity contribution < 1.29 is 9.90 Å². The Morgan fingerprint density at radius 1 is 1.24 bits per heavy atom.